The van der Waals surface area contributed by atoms with Crippen LogP contribution in [0.5, 0.6) is 0 Å². The van der Waals surface area contributed by atoms with Crippen LogP contribution in [0.15, 0.2) is 35.3 Å². The first-order chi connectivity index (χ1) is 16.6. The Morgan fingerprint density at radius 2 is 1.89 bits per heavy atom. The summed E-state index contributed by atoms with van der Waals surface area (Å²) in [4.78, 5) is 31.3. The molecule has 3 aromatic rings. The van der Waals surface area contributed by atoms with Gasteiger partial charge in [-0.2, -0.15) is 0 Å². The normalized spacial score (nSPS) is 19.1. The minimum Gasteiger partial charge on any atom is -0.338 e. The molecule has 2 aliphatic rings. The van der Waals surface area contributed by atoms with Crippen LogP contribution < -0.4 is 5.56 Å². The Hall–Kier alpha value is -2.49. The zero-order valence-electron chi connectivity index (χ0n) is 18.7. The Balaban J connectivity index is 1.32. The van der Waals surface area contributed by atoms with Gasteiger partial charge in [0.1, 0.15) is 16.5 Å². The maximum atomic E-state index is 14.7. The van der Waals surface area contributed by atoms with Crippen molar-refractivity contribution < 1.29 is 18.0 Å². The molecule has 186 valence electrons. The number of carbonyl (C=O) groups is 1. The van der Waals surface area contributed by atoms with Crippen LogP contribution in [0.3, 0.4) is 0 Å². The molecule has 0 radical (unpaired) electrons. The molecule has 1 N–H and O–H groups in total. The van der Waals surface area contributed by atoms with Crippen molar-refractivity contribution in [2.45, 2.75) is 37.6 Å². The van der Waals surface area contributed by atoms with Gasteiger partial charge in [-0.05, 0) is 36.6 Å². The molecule has 4 heterocycles. The van der Waals surface area contributed by atoms with Crippen molar-refractivity contribution in [1.29, 1.82) is 0 Å². The number of H-pyrrole nitrogens is 1. The predicted molar refractivity (Wildman–Crippen MR) is 127 cm³/mol. The number of piperidine rings is 1. The molecule has 1 aromatic carbocycles. The molecule has 5 rings (SSSR count). The van der Waals surface area contributed by atoms with Gasteiger partial charge in [0, 0.05) is 50.4 Å². The van der Waals surface area contributed by atoms with E-state index in [-0.39, 0.29) is 52.2 Å². The number of likely N-dealkylation sites (tertiary alicyclic amines) is 2. The van der Waals surface area contributed by atoms with Crippen LogP contribution in [0.1, 0.15) is 40.9 Å². The molecule has 0 spiro atoms. The Morgan fingerprint density at radius 1 is 1.14 bits per heavy atom. The van der Waals surface area contributed by atoms with Gasteiger partial charge >= 0.3 is 0 Å². The number of fused-ring (bicyclic) bond motifs is 1. The summed E-state index contributed by atoms with van der Waals surface area (Å²) < 4.78 is 43.3. The number of hydrogen-bond donors (Lipinski definition) is 1. The van der Waals surface area contributed by atoms with Crippen molar-refractivity contribution in [3.63, 3.8) is 0 Å². The van der Waals surface area contributed by atoms with Crippen molar-refractivity contribution in [1.82, 2.24) is 19.2 Å². The van der Waals surface area contributed by atoms with Gasteiger partial charge in [-0.25, -0.2) is 13.2 Å². The summed E-state index contributed by atoms with van der Waals surface area (Å²) in [5, 5.41) is 0.431. The third-order valence-electron chi connectivity index (χ3n) is 6.90. The fraction of sp³-hybridized carbons (Fsp3) is 0.417. The lowest BCUT2D eigenvalue weighted by Gasteiger charge is -2.36. The van der Waals surface area contributed by atoms with E-state index in [0.717, 1.165) is 0 Å². The molecule has 35 heavy (non-hydrogen) atoms. The molecule has 0 atom stereocenters. The highest BCUT2D eigenvalue weighted by Gasteiger charge is 2.41. The van der Waals surface area contributed by atoms with Crippen LogP contribution >= 0.6 is 23.2 Å². The molecule has 6 nitrogen and oxygen atoms in total. The molecule has 2 saturated heterocycles. The zero-order chi connectivity index (χ0) is 24.9. The second-order valence-electron chi connectivity index (χ2n) is 9.20. The van der Waals surface area contributed by atoms with Crippen LogP contribution in [0, 0.1) is 5.82 Å². The highest BCUT2D eigenvalue weighted by molar-refractivity contribution is 6.42. The summed E-state index contributed by atoms with van der Waals surface area (Å²) in [7, 11) is 0. The summed E-state index contributed by atoms with van der Waals surface area (Å²) in [6.07, 6.45) is 2.79. The quantitative estimate of drug-likeness (QED) is 0.540. The minimum atomic E-state index is -2.65. The number of halogens is 5. The van der Waals surface area contributed by atoms with Crippen molar-refractivity contribution in [2.75, 3.05) is 26.2 Å². The smallest absolute Gasteiger partial charge is 0.272 e. The van der Waals surface area contributed by atoms with Crippen LogP contribution in [-0.2, 0) is 6.42 Å². The SMILES string of the molecule is O=C(c1cc(Cc2c[nH]c(=O)c3cc(Cl)c(Cl)n23)ccc1F)N1CCC(N2CCC(F)(F)C2)CC1. The Kier molecular flexibility index (Phi) is 6.35. The largest absolute Gasteiger partial charge is 0.338 e. The monoisotopic (exact) mass is 526 g/mol. The molecular formula is C24H23Cl2F3N4O2. The number of aromatic amines is 1. The van der Waals surface area contributed by atoms with Gasteiger partial charge in [0.25, 0.3) is 17.4 Å². The molecule has 0 aliphatic carbocycles. The molecule has 1 amide bonds. The number of hydrogen-bond acceptors (Lipinski definition) is 3. The first kappa shape index (κ1) is 24.2. The second kappa shape index (κ2) is 9.19. The Morgan fingerprint density at radius 3 is 2.57 bits per heavy atom. The molecule has 0 bridgehead atoms. The van der Waals surface area contributed by atoms with E-state index < -0.39 is 17.6 Å². The lowest BCUT2D eigenvalue weighted by Crippen LogP contribution is -2.46. The first-order valence-electron chi connectivity index (χ1n) is 11.4. The number of nitrogens with zero attached hydrogens (tertiary/aromatic N) is 3. The topological polar surface area (TPSA) is 60.8 Å². The van der Waals surface area contributed by atoms with Gasteiger partial charge in [0.15, 0.2) is 0 Å². The molecule has 0 saturated carbocycles. The minimum absolute atomic E-state index is 0.00407. The van der Waals surface area contributed by atoms with Crippen molar-refractivity contribution in [3.05, 3.63) is 73.6 Å². The van der Waals surface area contributed by atoms with E-state index >= 15 is 0 Å². The lowest BCUT2D eigenvalue weighted by atomic mass is 10.0. The predicted octanol–water partition coefficient (Wildman–Crippen LogP) is 4.61. The van der Waals surface area contributed by atoms with E-state index in [9.17, 15) is 22.8 Å². The Labute approximate surface area is 209 Å². The van der Waals surface area contributed by atoms with Gasteiger partial charge in [0.05, 0.1) is 17.1 Å². The third-order valence-corrected chi connectivity index (χ3v) is 7.66. The van der Waals surface area contributed by atoms with Crippen LogP contribution in [-0.4, -0.2) is 63.2 Å². The molecular weight excluding hydrogens is 504 g/mol. The van der Waals surface area contributed by atoms with E-state index in [1.807, 2.05) is 0 Å². The van der Waals surface area contributed by atoms with Gasteiger partial charge in [-0.15, -0.1) is 0 Å². The van der Waals surface area contributed by atoms with E-state index in [4.69, 9.17) is 23.2 Å². The van der Waals surface area contributed by atoms with E-state index in [2.05, 4.69) is 4.98 Å². The second-order valence-corrected chi connectivity index (χ2v) is 9.97. The summed E-state index contributed by atoms with van der Waals surface area (Å²) in [5.41, 5.74) is 1.15. The summed E-state index contributed by atoms with van der Waals surface area (Å²) in [5.74, 6) is -3.71. The highest BCUT2D eigenvalue weighted by atomic mass is 35.5. The van der Waals surface area contributed by atoms with Crippen LogP contribution in [0.25, 0.3) is 5.52 Å². The summed E-state index contributed by atoms with van der Waals surface area (Å²) in [6.45, 7) is 0.883. The van der Waals surface area contributed by atoms with Gasteiger partial charge < -0.3 is 9.88 Å². The third kappa shape index (κ3) is 4.69. The van der Waals surface area contributed by atoms with E-state index in [0.29, 0.717) is 43.7 Å². The number of amides is 1. The molecule has 2 fully saturated rings. The number of carbonyl (C=O) groups excluding carboxylic acids is 1. The van der Waals surface area contributed by atoms with E-state index in [1.165, 1.54) is 28.8 Å². The average Bonchev–Trinajstić information content (AvgIpc) is 3.35. The van der Waals surface area contributed by atoms with Gasteiger partial charge in [-0.1, -0.05) is 29.3 Å². The number of alkyl halides is 2. The summed E-state index contributed by atoms with van der Waals surface area (Å²) >= 11 is 12.4. The van der Waals surface area contributed by atoms with E-state index in [1.54, 1.807) is 15.9 Å². The number of benzene rings is 1. The maximum absolute atomic E-state index is 14.7. The fourth-order valence-electron chi connectivity index (χ4n) is 5.06. The summed E-state index contributed by atoms with van der Waals surface area (Å²) in [6, 6.07) is 5.79. The van der Waals surface area contributed by atoms with Crippen molar-refractivity contribution in [3.8, 4) is 0 Å². The Bertz CT molecular complexity index is 1350. The van der Waals surface area contributed by atoms with Gasteiger partial charge in [-0.3, -0.25) is 18.9 Å². The molecule has 11 heteroatoms. The van der Waals surface area contributed by atoms with Gasteiger partial charge in [0.2, 0.25) is 0 Å². The number of nitrogens with one attached hydrogen (secondary N) is 1. The maximum Gasteiger partial charge on any atom is 0.272 e. The lowest BCUT2D eigenvalue weighted by molar-refractivity contribution is 0.00325. The van der Waals surface area contributed by atoms with Crippen molar-refractivity contribution in [2.24, 2.45) is 0 Å². The van der Waals surface area contributed by atoms with Crippen LogP contribution in [0.2, 0.25) is 10.2 Å². The molecule has 2 aliphatic heterocycles. The zero-order valence-corrected chi connectivity index (χ0v) is 20.2. The average molecular weight is 527 g/mol. The molecule has 2 aromatic heterocycles. The molecule has 0 unspecified atom stereocenters. The number of aromatic nitrogens is 2. The van der Waals surface area contributed by atoms with Crippen LogP contribution in [0.4, 0.5) is 13.2 Å². The van der Waals surface area contributed by atoms with Crippen molar-refractivity contribution >= 4 is 34.6 Å². The first-order valence-corrected chi connectivity index (χ1v) is 12.2. The number of rotatable bonds is 4. The highest BCUT2D eigenvalue weighted by Crippen LogP contribution is 2.31. The standard InChI is InChI=1S/C24H23Cl2F3N4O2/c25-18-11-20-22(34)30-12-16(33(20)21(18)26)9-14-1-2-19(27)17(10-14)23(35)31-6-3-15(4-7-31)32-8-5-24(28,29)13-32/h1-2,10-12,15H,3-9,13H2,(H,30,34). The fourth-order valence-corrected chi connectivity index (χ4v) is 5.50.